The molecule has 2 aliphatic rings. The normalized spacial score (nSPS) is 25.7. The molecule has 4 rings (SSSR count). The minimum absolute atomic E-state index is 0.0123. The van der Waals surface area contributed by atoms with Crippen molar-refractivity contribution in [1.29, 1.82) is 0 Å². The molecule has 2 aromatic rings. The second kappa shape index (κ2) is 7.38. The van der Waals surface area contributed by atoms with Gasteiger partial charge in [0.25, 0.3) is 0 Å². The summed E-state index contributed by atoms with van der Waals surface area (Å²) in [5.41, 5.74) is 2.44. The van der Waals surface area contributed by atoms with E-state index in [-0.39, 0.29) is 24.0 Å². The average molecular weight is 336 g/mol. The molecule has 2 bridgehead atoms. The molecule has 25 heavy (non-hydrogen) atoms. The summed E-state index contributed by atoms with van der Waals surface area (Å²) in [6, 6.07) is 20.5. The maximum atomic E-state index is 12.6. The van der Waals surface area contributed by atoms with E-state index in [0.717, 1.165) is 31.6 Å². The fourth-order valence-corrected chi connectivity index (χ4v) is 3.90. The Labute approximate surface area is 148 Å². The Hall–Kier alpha value is -2.17. The first kappa shape index (κ1) is 16.3. The first-order valence-electron chi connectivity index (χ1n) is 9.01. The Balaban J connectivity index is 1.33. The Morgan fingerprint density at radius 3 is 2.40 bits per heavy atom. The number of carbonyl (C=O) groups is 1. The van der Waals surface area contributed by atoms with E-state index in [9.17, 15) is 4.79 Å². The van der Waals surface area contributed by atoms with Crippen LogP contribution in [0.15, 0.2) is 60.7 Å². The number of morpholine rings is 1. The molecular formula is C21H24N2O2. The van der Waals surface area contributed by atoms with Gasteiger partial charge in [-0.05, 0) is 17.5 Å². The van der Waals surface area contributed by atoms with Crippen molar-refractivity contribution in [3.8, 4) is 0 Å². The Kier molecular flexibility index (Phi) is 4.81. The summed E-state index contributed by atoms with van der Waals surface area (Å²) in [6.07, 6.45) is 1.02. The molecule has 1 amide bonds. The Morgan fingerprint density at radius 1 is 1.00 bits per heavy atom. The molecule has 0 aromatic heterocycles. The highest BCUT2D eigenvalue weighted by atomic mass is 16.5. The number of fused-ring (bicyclic) bond motifs is 2. The van der Waals surface area contributed by atoms with E-state index >= 15 is 0 Å². The van der Waals surface area contributed by atoms with Crippen LogP contribution in [-0.2, 0) is 22.6 Å². The van der Waals surface area contributed by atoms with Crippen LogP contribution in [0.4, 0.5) is 0 Å². The van der Waals surface area contributed by atoms with Gasteiger partial charge < -0.3 is 10.1 Å². The van der Waals surface area contributed by atoms with Crippen LogP contribution in [0.5, 0.6) is 0 Å². The van der Waals surface area contributed by atoms with E-state index in [0.29, 0.717) is 6.54 Å². The van der Waals surface area contributed by atoms with Crippen LogP contribution in [0.25, 0.3) is 0 Å². The molecule has 0 radical (unpaired) electrons. The summed E-state index contributed by atoms with van der Waals surface area (Å²) in [7, 11) is 0. The number of hydrogen-bond acceptors (Lipinski definition) is 3. The van der Waals surface area contributed by atoms with Crippen molar-refractivity contribution < 1.29 is 9.53 Å². The molecule has 2 saturated heterocycles. The van der Waals surface area contributed by atoms with Gasteiger partial charge in [0.15, 0.2) is 0 Å². The van der Waals surface area contributed by atoms with Crippen molar-refractivity contribution in [1.82, 2.24) is 10.2 Å². The summed E-state index contributed by atoms with van der Waals surface area (Å²) in [5.74, 6) is 0.0902. The van der Waals surface area contributed by atoms with Crippen LogP contribution in [0.2, 0.25) is 0 Å². The standard InChI is InChI=1S/C21H24N2O2/c24-21(22-12-16-7-3-1-4-8-16)19-11-18-14-23(15-20(19)25-18)13-17-9-5-2-6-10-17/h1-10,18-20H,11-15H2,(H,22,24)/t18-,19+,20-/m0/s1. The highest BCUT2D eigenvalue weighted by Gasteiger charge is 2.44. The fourth-order valence-electron chi connectivity index (χ4n) is 3.90. The molecule has 1 N–H and O–H groups in total. The number of amides is 1. The zero-order valence-corrected chi connectivity index (χ0v) is 14.3. The molecule has 0 spiro atoms. The van der Waals surface area contributed by atoms with E-state index in [4.69, 9.17) is 4.74 Å². The van der Waals surface area contributed by atoms with Gasteiger partial charge in [-0.1, -0.05) is 60.7 Å². The lowest BCUT2D eigenvalue weighted by Crippen LogP contribution is -2.44. The second-order valence-electron chi connectivity index (χ2n) is 7.02. The second-order valence-corrected chi connectivity index (χ2v) is 7.02. The third-order valence-corrected chi connectivity index (χ3v) is 5.13. The molecule has 4 nitrogen and oxygen atoms in total. The van der Waals surface area contributed by atoms with Crippen molar-refractivity contribution in [2.75, 3.05) is 13.1 Å². The van der Waals surface area contributed by atoms with Gasteiger partial charge >= 0.3 is 0 Å². The van der Waals surface area contributed by atoms with Crippen molar-refractivity contribution in [3.63, 3.8) is 0 Å². The predicted octanol–water partition coefficient (Wildman–Crippen LogP) is 2.59. The van der Waals surface area contributed by atoms with Crippen LogP contribution in [-0.4, -0.2) is 36.1 Å². The van der Waals surface area contributed by atoms with Crippen molar-refractivity contribution in [2.45, 2.75) is 31.7 Å². The van der Waals surface area contributed by atoms with Gasteiger partial charge in [0.05, 0.1) is 18.1 Å². The SMILES string of the molecule is O=C(NCc1ccccc1)[C@@H]1C[C@H]2CN(Cc3ccccc3)C[C@@H]1O2. The minimum Gasteiger partial charge on any atom is -0.371 e. The molecule has 0 saturated carbocycles. The van der Waals surface area contributed by atoms with Crippen LogP contribution < -0.4 is 5.32 Å². The van der Waals surface area contributed by atoms with Gasteiger partial charge in [0.1, 0.15) is 0 Å². The van der Waals surface area contributed by atoms with Crippen LogP contribution in [0.3, 0.4) is 0 Å². The summed E-state index contributed by atoms with van der Waals surface area (Å²) in [6.45, 7) is 3.25. The van der Waals surface area contributed by atoms with E-state index in [1.54, 1.807) is 0 Å². The van der Waals surface area contributed by atoms with E-state index in [1.165, 1.54) is 5.56 Å². The van der Waals surface area contributed by atoms with Gasteiger partial charge in [-0.2, -0.15) is 0 Å². The van der Waals surface area contributed by atoms with Crippen LogP contribution in [0, 0.1) is 5.92 Å². The molecule has 3 atom stereocenters. The van der Waals surface area contributed by atoms with Crippen molar-refractivity contribution in [2.24, 2.45) is 5.92 Å². The number of benzene rings is 2. The number of hydrogen-bond donors (Lipinski definition) is 1. The smallest absolute Gasteiger partial charge is 0.226 e. The van der Waals surface area contributed by atoms with Gasteiger partial charge in [0.2, 0.25) is 5.91 Å². The quantitative estimate of drug-likeness (QED) is 0.912. The molecule has 0 aliphatic carbocycles. The number of likely N-dealkylation sites (tertiary alicyclic amines) is 1. The van der Waals surface area contributed by atoms with Crippen LogP contribution in [0.1, 0.15) is 17.5 Å². The van der Waals surface area contributed by atoms with E-state index < -0.39 is 0 Å². The van der Waals surface area contributed by atoms with Gasteiger partial charge in [0, 0.05) is 26.2 Å². The molecule has 2 heterocycles. The van der Waals surface area contributed by atoms with Crippen LogP contribution >= 0.6 is 0 Å². The first-order chi connectivity index (χ1) is 12.3. The highest BCUT2D eigenvalue weighted by Crippen LogP contribution is 2.32. The van der Waals surface area contributed by atoms with Gasteiger partial charge in [-0.25, -0.2) is 0 Å². The third kappa shape index (κ3) is 3.91. The molecule has 2 fully saturated rings. The molecular weight excluding hydrogens is 312 g/mol. The fraction of sp³-hybridized carbons (Fsp3) is 0.381. The Bertz CT molecular complexity index is 704. The Morgan fingerprint density at radius 2 is 1.68 bits per heavy atom. The lowest BCUT2D eigenvalue weighted by molar-refractivity contribution is -0.128. The molecule has 2 aliphatic heterocycles. The lowest BCUT2D eigenvalue weighted by Gasteiger charge is -2.32. The van der Waals surface area contributed by atoms with E-state index in [1.807, 2.05) is 36.4 Å². The third-order valence-electron chi connectivity index (χ3n) is 5.13. The lowest BCUT2D eigenvalue weighted by atomic mass is 9.99. The average Bonchev–Trinajstić information content (AvgIpc) is 2.96. The predicted molar refractivity (Wildman–Crippen MR) is 96.8 cm³/mol. The van der Waals surface area contributed by atoms with E-state index in [2.05, 4.69) is 34.5 Å². The zero-order valence-electron chi connectivity index (χ0n) is 14.3. The van der Waals surface area contributed by atoms with Crippen molar-refractivity contribution >= 4 is 5.91 Å². The number of ether oxygens (including phenoxy) is 1. The summed E-state index contributed by atoms with van der Waals surface area (Å²) in [5, 5.41) is 3.08. The van der Waals surface area contributed by atoms with Crippen molar-refractivity contribution in [3.05, 3.63) is 71.8 Å². The minimum atomic E-state index is -0.0329. The zero-order chi connectivity index (χ0) is 17.1. The highest BCUT2D eigenvalue weighted by molar-refractivity contribution is 5.79. The summed E-state index contributed by atoms with van der Waals surface area (Å²) >= 11 is 0. The molecule has 4 heteroatoms. The number of nitrogens with zero attached hydrogens (tertiary/aromatic N) is 1. The maximum Gasteiger partial charge on any atom is 0.226 e. The van der Waals surface area contributed by atoms with Gasteiger partial charge in [-0.3, -0.25) is 9.69 Å². The largest absolute Gasteiger partial charge is 0.371 e. The van der Waals surface area contributed by atoms with Gasteiger partial charge in [-0.15, -0.1) is 0 Å². The molecule has 0 unspecified atom stereocenters. The topological polar surface area (TPSA) is 41.6 Å². The monoisotopic (exact) mass is 336 g/mol. The molecule has 2 aromatic carbocycles. The molecule has 130 valence electrons. The maximum absolute atomic E-state index is 12.6. The first-order valence-corrected chi connectivity index (χ1v) is 9.01. The summed E-state index contributed by atoms with van der Waals surface area (Å²) < 4.78 is 6.05. The number of rotatable bonds is 5. The number of nitrogens with one attached hydrogen (secondary N) is 1. The summed E-state index contributed by atoms with van der Waals surface area (Å²) in [4.78, 5) is 15.0. The number of carbonyl (C=O) groups excluding carboxylic acids is 1.